The van der Waals surface area contributed by atoms with E-state index in [1.165, 1.54) is 0 Å². The van der Waals surface area contributed by atoms with Crippen LogP contribution >= 0.6 is 47.8 Å². The third kappa shape index (κ3) is 5.44. The van der Waals surface area contributed by atoms with E-state index in [1.54, 1.807) is 4.99 Å². The van der Waals surface area contributed by atoms with Gasteiger partial charge in [-0.15, -0.1) is 0 Å². The molecule has 5 heteroatoms. The van der Waals surface area contributed by atoms with Gasteiger partial charge in [0.25, 0.3) is 0 Å². The molecule has 0 spiro atoms. The lowest BCUT2D eigenvalue weighted by molar-refractivity contribution is -0.139. The van der Waals surface area contributed by atoms with E-state index >= 15 is 0 Å². The highest BCUT2D eigenvalue weighted by Gasteiger charge is 1.98. The molecule has 0 saturated carbocycles. The standard InChI is InChI=1S/C5H5Br3O2/c6-1-4(8)3-10-5(9)2-7/h1H,2-3H2. The summed E-state index contributed by atoms with van der Waals surface area (Å²) in [6.07, 6.45) is 0. The van der Waals surface area contributed by atoms with Gasteiger partial charge < -0.3 is 4.74 Å². The monoisotopic (exact) mass is 334 g/mol. The number of esters is 1. The Hall–Kier alpha value is 0.650. The average molecular weight is 337 g/mol. The Morgan fingerprint density at radius 2 is 2.20 bits per heavy atom. The van der Waals surface area contributed by atoms with Crippen LogP contribution in [0.2, 0.25) is 0 Å². The van der Waals surface area contributed by atoms with Crippen LogP contribution in [-0.2, 0) is 9.53 Å². The molecule has 0 bridgehead atoms. The minimum atomic E-state index is -0.272. The first-order valence-corrected chi connectivity index (χ1v) is 5.20. The zero-order valence-corrected chi connectivity index (χ0v) is 9.70. The molecule has 0 radical (unpaired) electrons. The van der Waals surface area contributed by atoms with Gasteiger partial charge >= 0.3 is 5.97 Å². The Kier molecular flexibility index (Phi) is 6.78. The van der Waals surface area contributed by atoms with Crippen molar-refractivity contribution in [1.82, 2.24) is 0 Å². The van der Waals surface area contributed by atoms with E-state index in [4.69, 9.17) is 4.74 Å². The van der Waals surface area contributed by atoms with Crippen LogP contribution in [0, 0.1) is 0 Å². The molecule has 0 fully saturated rings. The van der Waals surface area contributed by atoms with E-state index in [1.807, 2.05) is 0 Å². The summed E-state index contributed by atoms with van der Waals surface area (Å²) < 4.78 is 5.51. The molecule has 0 aromatic heterocycles. The van der Waals surface area contributed by atoms with Crippen molar-refractivity contribution in [2.75, 3.05) is 11.9 Å². The highest BCUT2D eigenvalue weighted by molar-refractivity contribution is 9.14. The first-order chi connectivity index (χ1) is 4.70. The topological polar surface area (TPSA) is 26.3 Å². The number of rotatable bonds is 3. The SMILES string of the molecule is O=C(CBr)OCC(Br)=CBr. The molecule has 0 heterocycles. The van der Waals surface area contributed by atoms with Crippen molar-refractivity contribution in [2.24, 2.45) is 0 Å². The number of hydrogen-bond acceptors (Lipinski definition) is 2. The van der Waals surface area contributed by atoms with Crippen molar-refractivity contribution in [2.45, 2.75) is 0 Å². The van der Waals surface area contributed by atoms with Crippen LogP contribution in [0.3, 0.4) is 0 Å². The summed E-state index contributed by atoms with van der Waals surface area (Å²) in [6, 6.07) is 0. The third-order valence-electron chi connectivity index (χ3n) is 0.599. The predicted octanol–water partition coefficient (Wildman–Crippen LogP) is 2.56. The molecule has 10 heavy (non-hydrogen) atoms. The second-order valence-corrected chi connectivity index (χ2v) is 3.39. The maximum atomic E-state index is 10.5. The number of carbonyl (C=O) groups is 1. The summed E-state index contributed by atoms with van der Waals surface area (Å²) >= 11 is 9.20. The summed E-state index contributed by atoms with van der Waals surface area (Å²) in [4.78, 5) is 12.1. The number of hydrogen-bond donors (Lipinski definition) is 0. The Morgan fingerprint density at radius 1 is 1.60 bits per heavy atom. The number of halogens is 3. The predicted molar refractivity (Wildman–Crippen MR) is 50.7 cm³/mol. The summed E-state index contributed by atoms with van der Waals surface area (Å²) in [5.74, 6) is -0.272. The zero-order valence-electron chi connectivity index (χ0n) is 4.94. The lowest BCUT2D eigenvalue weighted by atomic mass is 10.7. The van der Waals surface area contributed by atoms with Crippen LogP contribution in [0.25, 0.3) is 0 Å². The van der Waals surface area contributed by atoms with Gasteiger partial charge in [0.1, 0.15) is 11.9 Å². The molecular formula is C5H5Br3O2. The second-order valence-electron chi connectivity index (χ2n) is 1.35. The Labute approximate surface area is 84.4 Å². The number of carbonyl (C=O) groups excluding carboxylic acids is 1. The average Bonchev–Trinajstić information content (AvgIpc) is 1.99. The highest BCUT2D eigenvalue weighted by atomic mass is 79.9. The van der Waals surface area contributed by atoms with E-state index < -0.39 is 0 Å². The van der Waals surface area contributed by atoms with E-state index in [0.717, 1.165) is 4.48 Å². The van der Waals surface area contributed by atoms with E-state index in [0.29, 0.717) is 0 Å². The normalized spacial score (nSPS) is 11.3. The first-order valence-electron chi connectivity index (χ1n) is 2.37. The molecule has 0 aliphatic rings. The molecule has 0 aliphatic heterocycles. The molecular weight excluding hydrogens is 332 g/mol. The van der Waals surface area contributed by atoms with Crippen molar-refractivity contribution in [1.29, 1.82) is 0 Å². The lowest BCUT2D eigenvalue weighted by Crippen LogP contribution is -2.06. The fraction of sp³-hybridized carbons (Fsp3) is 0.400. The molecule has 0 aromatic carbocycles. The lowest BCUT2D eigenvalue weighted by Gasteiger charge is -1.98. The van der Waals surface area contributed by atoms with Crippen molar-refractivity contribution >= 4 is 53.8 Å². The number of alkyl halides is 1. The molecule has 0 rings (SSSR count). The first kappa shape index (κ1) is 10.7. The maximum absolute atomic E-state index is 10.5. The van der Waals surface area contributed by atoms with Crippen LogP contribution in [0.15, 0.2) is 9.47 Å². The quantitative estimate of drug-likeness (QED) is 0.585. The second kappa shape index (κ2) is 6.37. The fourth-order valence-electron chi connectivity index (χ4n) is 0.220. The Morgan fingerprint density at radius 3 is 2.60 bits per heavy atom. The van der Waals surface area contributed by atoms with Crippen molar-refractivity contribution in [3.8, 4) is 0 Å². The minimum absolute atomic E-state index is 0.232. The van der Waals surface area contributed by atoms with Gasteiger partial charge in [-0.1, -0.05) is 47.8 Å². The molecule has 0 aliphatic carbocycles. The van der Waals surface area contributed by atoms with Gasteiger partial charge in [-0.25, -0.2) is 0 Å². The summed E-state index contributed by atoms with van der Waals surface area (Å²) in [5, 5.41) is 0.232. The fourth-order valence-corrected chi connectivity index (χ4v) is 0.628. The van der Waals surface area contributed by atoms with Crippen LogP contribution in [0.4, 0.5) is 0 Å². The minimum Gasteiger partial charge on any atom is -0.460 e. The third-order valence-corrected chi connectivity index (χ3v) is 2.68. The molecule has 2 nitrogen and oxygen atoms in total. The molecule has 0 amide bonds. The molecule has 0 unspecified atom stereocenters. The van der Waals surface area contributed by atoms with Gasteiger partial charge in [-0.05, 0) is 4.99 Å². The highest BCUT2D eigenvalue weighted by Crippen LogP contribution is 2.07. The van der Waals surface area contributed by atoms with Crippen molar-refractivity contribution in [3.63, 3.8) is 0 Å². The van der Waals surface area contributed by atoms with Gasteiger partial charge in [-0.3, -0.25) is 4.79 Å². The van der Waals surface area contributed by atoms with E-state index in [-0.39, 0.29) is 17.9 Å². The zero-order chi connectivity index (χ0) is 7.98. The Balaban J connectivity index is 3.45. The molecule has 0 atom stereocenters. The van der Waals surface area contributed by atoms with E-state index in [2.05, 4.69) is 47.8 Å². The van der Waals surface area contributed by atoms with Gasteiger partial charge in [0.2, 0.25) is 0 Å². The largest absolute Gasteiger partial charge is 0.460 e. The molecule has 0 aromatic rings. The van der Waals surface area contributed by atoms with E-state index in [9.17, 15) is 4.79 Å². The summed E-state index contributed by atoms with van der Waals surface area (Å²) in [6.45, 7) is 0.273. The number of ether oxygens (including phenoxy) is 1. The molecule has 0 N–H and O–H groups in total. The van der Waals surface area contributed by atoms with Gasteiger partial charge in [0.05, 0.1) is 0 Å². The van der Waals surface area contributed by atoms with Gasteiger partial charge in [0, 0.05) is 4.48 Å². The molecule has 58 valence electrons. The van der Waals surface area contributed by atoms with Crippen LogP contribution in [-0.4, -0.2) is 17.9 Å². The van der Waals surface area contributed by atoms with Crippen LogP contribution in [0.1, 0.15) is 0 Å². The van der Waals surface area contributed by atoms with Gasteiger partial charge in [0.15, 0.2) is 0 Å². The smallest absolute Gasteiger partial charge is 0.316 e. The summed E-state index contributed by atoms with van der Waals surface area (Å²) in [5.41, 5.74) is 0. The van der Waals surface area contributed by atoms with Crippen LogP contribution in [0.5, 0.6) is 0 Å². The Bertz CT molecular complexity index is 144. The summed E-state index contributed by atoms with van der Waals surface area (Å²) in [7, 11) is 0. The molecule has 0 saturated heterocycles. The van der Waals surface area contributed by atoms with Gasteiger partial charge in [-0.2, -0.15) is 0 Å². The van der Waals surface area contributed by atoms with Crippen LogP contribution < -0.4 is 0 Å². The maximum Gasteiger partial charge on any atom is 0.316 e. The van der Waals surface area contributed by atoms with Crippen molar-refractivity contribution < 1.29 is 9.53 Å². The van der Waals surface area contributed by atoms with Crippen molar-refractivity contribution in [3.05, 3.63) is 9.47 Å².